The fraction of sp³-hybridized carbons (Fsp3) is 0.208. The van der Waals surface area contributed by atoms with E-state index in [2.05, 4.69) is 64.7 Å². The van der Waals surface area contributed by atoms with Gasteiger partial charge < -0.3 is 15.5 Å². The Hall–Kier alpha value is -3.72. The first-order valence-electron chi connectivity index (χ1n) is 10.8. The molecule has 5 rings (SSSR count). The van der Waals surface area contributed by atoms with Gasteiger partial charge in [-0.2, -0.15) is 16.7 Å². The zero-order valence-electron chi connectivity index (χ0n) is 18.3. The summed E-state index contributed by atoms with van der Waals surface area (Å²) in [7, 11) is 0. The van der Waals surface area contributed by atoms with E-state index in [1.165, 1.54) is 17.2 Å². The van der Waals surface area contributed by atoms with Gasteiger partial charge >= 0.3 is 0 Å². The standard InChI is InChI=1S/C24H24N8S/c1-17-3-2-4-20(27-17)23-25-11-9-21(30-23)29-22-10-12-26-24(31-22)28-18-5-7-19(8-6-18)32-13-15-33-16-14-32/h2-12H,13-16H2,1H3,(H2,25,26,28,29,30,31). The summed E-state index contributed by atoms with van der Waals surface area (Å²) < 4.78 is 0. The Morgan fingerprint density at radius 2 is 1.55 bits per heavy atom. The molecule has 1 saturated heterocycles. The van der Waals surface area contributed by atoms with Crippen molar-refractivity contribution in [1.29, 1.82) is 0 Å². The van der Waals surface area contributed by atoms with E-state index in [9.17, 15) is 0 Å². The quantitative estimate of drug-likeness (QED) is 0.429. The van der Waals surface area contributed by atoms with Crippen LogP contribution in [0.3, 0.4) is 0 Å². The van der Waals surface area contributed by atoms with Gasteiger partial charge in [-0.3, -0.25) is 0 Å². The van der Waals surface area contributed by atoms with Crippen molar-refractivity contribution in [3.63, 3.8) is 0 Å². The highest BCUT2D eigenvalue weighted by atomic mass is 32.2. The lowest BCUT2D eigenvalue weighted by atomic mass is 10.2. The monoisotopic (exact) mass is 456 g/mol. The van der Waals surface area contributed by atoms with Crippen molar-refractivity contribution in [2.24, 2.45) is 0 Å². The van der Waals surface area contributed by atoms with Crippen molar-refractivity contribution in [2.45, 2.75) is 6.92 Å². The van der Waals surface area contributed by atoms with Crippen LogP contribution in [-0.2, 0) is 0 Å². The number of thioether (sulfide) groups is 1. The summed E-state index contributed by atoms with van der Waals surface area (Å²) in [5.74, 6) is 4.71. The maximum Gasteiger partial charge on any atom is 0.229 e. The lowest BCUT2D eigenvalue weighted by Gasteiger charge is -2.28. The third-order valence-electron chi connectivity index (χ3n) is 5.18. The molecule has 0 spiro atoms. The third-order valence-corrected chi connectivity index (χ3v) is 6.13. The van der Waals surface area contributed by atoms with Gasteiger partial charge in [0.2, 0.25) is 5.95 Å². The molecule has 1 aromatic carbocycles. The van der Waals surface area contributed by atoms with Crippen molar-refractivity contribution in [1.82, 2.24) is 24.9 Å². The molecule has 9 heteroatoms. The molecule has 2 N–H and O–H groups in total. The largest absolute Gasteiger partial charge is 0.370 e. The number of aromatic nitrogens is 5. The average molecular weight is 457 g/mol. The molecule has 0 amide bonds. The van der Waals surface area contributed by atoms with Crippen LogP contribution in [0.25, 0.3) is 11.5 Å². The zero-order chi connectivity index (χ0) is 22.5. The minimum Gasteiger partial charge on any atom is -0.370 e. The Morgan fingerprint density at radius 3 is 2.33 bits per heavy atom. The van der Waals surface area contributed by atoms with Crippen LogP contribution in [0.1, 0.15) is 5.69 Å². The SMILES string of the molecule is Cc1cccc(-c2nccc(Nc3ccnc(Nc4ccc(N5CCSCC5)cc4)n3)n2)n1. The Kier molecular flexibility index (Phi) is 6.30. The van der Waals surface area contributed by atoms with E-state index < -0.39 is 0 Å². The zero-order valence-corrected chi connectivity index (χ0v) is 19.1. The molecular formula is C24H24N8S. The number of nitrogens with zero attached hydrogens (tertiary/aromatic N) is 6. The Bertz CT molecular complexity index is 1230. The predicted molar refractivity (Wildman–Crippen MR) is 135 cm³/mol. The molecule has 0 atom stereocenters. The van der Waals surface area contributed by atoms with E-state index in [0.29, 0.717) is 23.4 Å². The Balaban J connectivity index is 1.27. The summed E-state index contributed by atoms with van der Waals surface area (Å²) in [6.45, 7) is 4.14. The van der Waals surface area contributed by atoms with Crippen LogP contribution < -0.4 is 15.5 Å². The van der Waals surface area contributed by atoms with Crippen molar-refractivity contribution < 1.29 is 0 Å². The normalized spacial score (nSPS) is 13.5. The van der Waals surface area contributed by atoms with E-state index in [1.807, 2.05) is 36.9 Å². The molecule has 166 valence electrons. The molecule has 1 fully saturated rings. The van der Waals surface area contributed by atoms with Gasteiger partial charge in [0.05, 0.1) is 0 Å². The molecular weight excluding hydrogens is 432 g/mol. The maximum atomic E-state index is 4.58. The molecule has 0 saturated carbocycles. The van der Waals surface area contributed by atoms with Gasteiger partial charge in [-0.25, -0.2) is 19.9 Å². The van der Waals surface area contributed by atoms with E-state index >= 15 is 0 Å². The average Bonchev–Trinajstić information content (AvgIpc) is 2.85. The number of aryl methyl sites for hydroxylation is 1. The van der Waals surface area contributed by atoms with E-state index in [0.717, 1.165) is 30.2 Å². The molecule has 3 aromatic heterocycles. The summed E-state index contributed by atoms with van der Waals surface area (Å²) in [4.78, 5) is 24.7. The number of rotatable bonds is 6. The topological polar surface area (TPSA) is 91.8 Å². The van der Waals surface area contributed by atoms with E-state index in [1.54, 1.807) is 24.5 Å². The fourth-order valence-electron chi connectivity index (χ4n) is 3.55. The van der Waals surface area contributed by atoms with Crippen LogP contribution >= 0.6 is 11.8 Å². The predicted octanol–water partition coefficient (Wildman–Crippen LogP) is 4.68. The summed E-state index contributed by atoms with van der Waals surface area (Å²) in [5, 5.41) is 6.50. The number of anilines is 5. The molecule has 1 aliphatic rings. The third kappa shape index (κ3) is 5.38. The highest BCUT2D eigenvalue weighted by molar-refractivity contribution is 7.99. The second kappa shape index (κ2) is 9.83. The molecule has 4 aromatic rings. The molecule has 0 aliphatic carbocycles. The van der Waals surface area contributed by atoms with Crippen LogP contribution in [0.2, 0.25) is 0 Å². The van der Waals surface area contributed by atoms with Crippen LogP contribution in [0.5, 0.6) is 0 Å². The maximum absolute atomic E-state index is 4.58. The molecule has 8 nitrogen and oxygen atoms in total. The van der Waals surface area contributed by atoms with Crippen molar-refractivity contribution in [3.8, 4) is 11.5 Å². The van der Waals surface area contributed by atoms with Gasteiger partial charge in [0.15, 0.2) is 5.82 Å². The first-order valence-corrected chi connectivity index (χ1v) is 12.0. The second-order valence-electron chi connectivity index (χ2n) is 7.59. The van der Waals surface area contributed by atoms with Crippen LogP contribution in [0, 0.1) is 6.92 Å². The van der Waals surface area contributed by atoms with Gasteiger partial charge in [-0.15, -0.1) is 0 Å². The van der Waals surface area contributed by atoms with Gasteiger partial charge in [0.25, 0.3) is 0 Å². The molecule has 0 radical (unpaired) electrons. The number of hydrogen-bond donors (Lipinski definition) is 2. The number of hydrogen-bond acceptors (Lipinski definition) is 9. The van der Waals surface area contributed by atoms with E-state index in [-0.39, 0.29) is 0 Å². The summed E-state index contributed by atoms with van der Waals surface area (Å²) in [6.07, 6.45) is 3.42. The molecule has 0 unspecified atom stereocenters. The van der Waals surface area contributed by atoms with Gasteiger partial charge in [0.1, 0.15) is 17.3 Å². The number of pyridine rings is 1. The smallest absolute Gasteiger partial charge is 0.229 e. The van der Waals surface area contributed by atoms with Crippen molar-refractivity contribution in [2.75, 3.05) is 40.1 Å². The molecule has 33 heavy (non-hydrogen) atoms. The Labute approximate surface area is 197 Å². The summed E-state index contributed by atoms with van der Waals surface area (Å²) >= 11 is 2.01. The lowest BCUT2D eigenvalue weighted by Crippen LogP contribution is -2.32. The first-order chi connectivity index (χ1) is 16.2. The van der Waals surface area contributed by atoms with Crippen molar-refractivity contribution >= 4 is 40.7 Å². The summed E-state index contributed by atoms with van der Waals surface area (Å²) in [6, 6.07) is 17.8. The minimum absolute atomic E-state index is 0.511. The van der Waals surface area contributed by atoms with Gasteiger partial charge in [-0.1, -0.05) is 6.07 Å². The highest BCUT2D eigenvalue weighted by Crippen LogP contribution is 2.23. The Morgan fingerprint density at radius 1 is 0.788 bits per heavy atom. The van der Waals surface area contributed by atoms with Gasteiger partial charge in [-0.05, 0) is 55.5 Å². The number of benzene rings is 1. The second-order valence-corrected chi connectivity index (χ2v) is 8.82. The molecule has 4 heterocycles. The molecule has 0 bridgehead atoms. The number of nitrogens with one attached hydrogen (secondary N) is 2. The van der Waals surface area contributed by atoms with Gasteiger partial charge in [0, 0.05) is 54.1 Å². The van der Waals surface area contributed by atoms with Crippen molar-refractivity contribution in [3.05, 3.63) is 72.7 Å². The first kappa shape index (κ1) is 21.1. The van der Waals surface area contributed by atoms with Crippen LogP contribution in [0.15, 0.2) is 67.0 Å². The molecule has 1 aliphatic heterocycles. The minimum atomic E-state index is 0.511. The highest BCUT2D eigenvalue weighted by Gasteiger charge is 2.11. The van der Waals surface area contributed by atoms with Crippen LogP contribution in [-0.4, -0.2) is 49.5 Å². The fourth-order valence-corrected chi connectivity index (χ4v) is 4.45. The summed E-state index contributed by atoms with van der Waals surface area (Å²) in [5.41, 5.74) is 3.84. The van der Waals surface area contributed by atoms with E-state index in [4.69, 9.17) is 0 Å². The van der Waals surface area contributed by atoms with Crippen LogP contribution in [0.4, 0.5) is 29.0 Å². The lowest BCUT2D eigenvalue weighted by molar-refractivity contribution is 0.859.